The van der Waals surface area contributed by atoms with Gasteiger partial charge in [0.25, 0.3) is 5.69 Å². The number of piperazine rings is 1. The molecule has 0 unspecified atom stereocenters. The Hall–Kier alpha value is -3.57. The first-order valence-corrected chi connectivity index (χ1v) is 8.20. The topological polar surface area (TPSA) is 179 Å². The third kappa shape index (κ3) is 5.20. The number of nitrogens with zero attached hydrogens (tertiary/aromatic N) is 5. The Morgan fingerprint density at radius 1 is 1.26 bits per heavy atom. The van der Waals surface area contributed by atoms with E-state index < -0.39 is 4.92 Å². The van der Waals surface area contributed by atoms with Crippen molar-refractivity contribution in [3.63, 3.8) is 0 Å². The van der Waals surface area contributed by atoms with Gasteiger partial charge in [0.05, 0.1) is 11.5 Å². The number of nitro benzene ring substituents is 1. The number of benzene rings is 1. The molecule has 0 bridgehead atoms. The van der Waals surface area contributed by atoms with Crippen molar-refractivity contribution in [2.75, 3.05) is 37.7 Å². The van der Waals surface area contributed by atoms with Gasteiger partial charge >= 0.3 is 6.09 Å². The predicted octanol–water partition coefficient (Wildman–Crippen LogP) is 0.0929. The van der Waals surface area contributed by atoms with Gasteiger partial charge in [-0.15, -0.1) is 0 Å². The van der Waals surface area contributed by atoms with Gasteiger partial charge in [-0.3, -0.25) is 10.1 Å². The zero-order valence-corrected chi connectivity index (χ0v) is 14.9. The molecule has 1 fully saturated rings. The minimum Gasteiger partial charge on any atom is -0.450 e. The zero-order chi connectivity index (χ0) is 20.0. The Labute approximate surface area is 155 Å². The second kappa shape index (κ2) is 8.69. The second-order valence-corrected chi connectivity index (χ2v) is 5.61. The number of nitro groups is 1. The molecule has 146 valence electrons. The van der Waals surface area contributed by atoms with Crippen molar-refractivity contribution < 1.29 is 14.5 Å². The summed E-state index contributed by atoms with van der Waals surface area (Å²) < 4.78 is 4.99. The van der Waals surface area contributed by atoms with Crippen molar-refractivity contribution in [1.82, 2.24) is 4.90 Å². The van der Waals surface area contributed by atoms with Crippen molar-refractivity contribution in [1.29, 1.82) is 0 Å². The van der Waals surface area contributed by atoms with E-state index in [1.165, 1.54) is 12.1 Å². The quantitative estimate of drug-likeness (QED) is 0.285. The molecule has 12 nitrogen and oxygen atoms in total. The fourth-order valence-corrected chi connectivity index (χ4v) is 2.60. The summed E-state index contributed by atoms with van der Waals surface area (Å²) in [7, 11) is 0. The molecule has 0 radical (unpaired) electrons. The molecule has 1 amide bonds. The lowest BCUT2D eigenvalue weighted by Crippen LogP contribution is -2.49. The third-order valence-corrected chi connectivity index (χ3v) is 3.81. The van der Waals surface area contributed by atoms with Crippen LogP contribution in [0, 0.1) is 10.1 Å². The molecule has 2 rings (SSSR count). The average molecular weight is 378 g/mol. The average Bonchev–Trinajstić information content (AvgIpc) is 2.61. The largest absolute Gasteiger partial charge is 0.450 e. The van der Waals surface area contributed by atoms with E-state index in [9.17, 15) is 14.9 Å². The van der Waals surface area contributed by atoms with Gasteiger partial charge in [0.2, 0.25) is 5.96 Å². The summed E-state index contributed by atoms with van der Waals surface area (Å²) in [6.07, 6.45) is -0.351. The summed E-state index contributed by atoms with van der Waals surface area (Å²) in [4.78, 5) is 33.5. The first kappa shape index (κ1) is 19.8. The fraction of sp³-hybridized carbons (Fsp3) is 0.400. The lowest BCUT2D eigenvalue weighted by atomic mass is 10.2. The predicted molar refractivity (Wildman–Crippen MR) is 101 cm³/mol. The molecule has 0 aliphatic carbocycles. The highest BCUT2D eigenvalue weighted by molar-refractivity contribution is 5.94. The molecule has 1 aromatic carbocycles. The molecule has 1 saturated heterocycles. The van der Waals surface area contributed by atoms with Gasteiger partial charge in [-0.1, -0.05) is 0 Å². The van der Waals surface area contributed by atoms with Gasteiger partial charge in [-0.05, 0) is 19.1 Å². The second-order valence-electron chi connectivity index (χ2n) is 5.61. The molecular formula is C15H22N8O4. The van der Waals surface area contributed by atoms with Crippen LogP contribution in [0.2, 0.25) is 0 Å². The molecule has 0 saturated carbocycles. The first-order chi connectivity index (χ1) is 12.8. The van der Waals surface area contributed by atoms with Crippen LogP contribution < -0.4 is 22.1 Å². The van der Waals surface area contributed by atoms with Crippen LogP contribution in [0.5, 0.6) is 0 Å². The maximum Gasteiger partial charge on any atom is 0.409 e. The molecule has 0 spiro atoms. The normalized spacial score (nSPS) is 14.6. The number of ether oxygens (including phenoxy) is 1. The summed E-state index contributed by atoms with van der Waals surface area (Å²) in [5, 5.41) is 11.2. The first-order valence-electron chi connectivity index (χ1n) is 8.20. The van der Waals surface area contributed by atoms with Crippen molar-refractivity contribution in [3.05, 3.63) is 28.3 Å². The molecular weight excluding hydrogens is 356 g/mol. The number of carbonyl (C=O) groups is 1. The van der Waals surface area contributed by atoms with E-state index in [0.29, 0.717) is 38.5 Å². The van der Waals surface area contributed by atoms with Crippen LogP contribution in [0.25, 0.3) is 0 Å². The molecule has 1 aromatic rings. The van der Waals surface area contributed by atoms with Crippen LogP contribution in [-0.2, 0) is 4.74 Å². The summed E-state index contributed by atoms with van der Waals surface area (Å²) >= 11 is 0. The maximum absolute atomic E-state index is 11.8. The van der Waals surface area contributed by atoms with E-state index in [0.717, 1.165) is 0 Å². The van der Waals surface area contributed by atoms with E-state index in [-0.39, 0.29) is 29.4 Å². The van der Waals surface area contributed by atoms with Crippen molar-refractivity contribution in [2.45, 2.75) is 6.92 Å². The van der Waals surface area contributed by atoms with Gasteiger partial charge in [0, 0.05) is 37.9 Å². The van der Waals surface area contributed by atoms with Gasteiger partial charge in [-0.25, -0.2) is 9.79 Å². The number of aliphatic imine (C=N–C) groups is 2. The maximum atomic E-state index is 11.8. The van der Waals surface area contributed by atoms with Gasteiger partial charge in [0.1, 0.15) is 5.69 Å². The number of guanidine groups is 2. The number of carbonyl (C=O) groups excluding carboxylic acids is 1. The number of rotatable bonds is 4. The molecule has 12 heteroatoms. The lowest BCUT2D eigenvalue weighted by molar-refractivity contribution is -0.384. The van der Waals surface area contributed by atoms with Crippen molar-refractivity contribution in [2.24, 2.45) is 27.2 Å². The molecule has 6 N–H and O–H groups in total. The smallest absolute Gasteiger partial charge is 0.409 e. The highest BCUT2D eigenvalue weighted by Gasteiger charge is 2.23. The van der Waals surface area contributed by atoms with E-state index in [4.69, 9.17) is 21.9 Å². The Morgan fingerprint density at radius 2 is 1.93 bits per heavy atom. The lowest BCUT2D eigenvalue weighted by Gasteiger charge is -2.35. The number of nitrogens with two attached hydrogens (primary N) is 3. The van der Waals surface area contributed by atoms with E-state index in [1.54, 1.807) is 17.9 Å². The summed E-state index contributed by atoms with van der Waals surface area (Å²) in [5.74, 6) is -0.590. The fourth-order valence-electron chi connectivity index (χ4n) is 2.60. The third-order valence-electron chi connectivity index (χ3n) is 3.81. The van der Waals surface area contributed by atoms with Crippen LogP contribution in [0.1, 0.15) is 6.92 Å². The monoisotopic (exact) mass is 378 g/mol. The van der Waals surface area contributed by atoms with Crippen LogP contribution >= 0.6 is 0 Å². The Kier molecular flexibility index (Phi) is 6.36. The molecule has 0 aromatic heterocycles. The Bertz CT molecular complexity index is 767. The number of amides is 1. The van der Waals surface area contributed by atoms with Gasteiger partial charge < -0.3 is 31.7 Å². The van der Waals surface area contributed by atoms with Crippen LogP contribution in [0.3, 0.4) is 0 Å². The summed E-state index contributed by atoms with van der Waals surface area (Å²) in [5.41, 5.74) is 16.6. The van der Waals surface area contributed by atoms with Crippen LogP contribution in [0.15, 0.2) is 28.2 Å². The standard InChI is InChI=1S/C15H22N8O4/c1-2-27-15(24)22-7-5-21(6-8-22)10-3-4-12(23(25)26)11(9-10)19-14(18)20-13(16)17/h3-4,9H,2,5-8H2,1H3,(H6,16,17,18,19,20). The highest BCUT2D eigenvalue weighted by Crippen LogP contribution is 2.32. The molecule has 0 atom stereocenters. The zero-order valence-electron chi connectivity index (χ0n) is 14.9. The van der Waals surface area contributed by atoms with E-state index in [2.05, 4.69) is 9.98 Å². The summed E-state index contributed by atoms with van der Waals surface area (Å²) in [6.45, 7) is 4.11. The van der Waals surface area contributed by atoms with Gasteiger partial charge in [-0.2, -0.15) is 4.99 Å². The number of hydrogen-bond donors (Lipinski definition) is 3. The minimum absolute atomic E-state index is 0.0350. The van der Waals surface area contributed by atoms with E-state index in [1.807, 2.05) is 4.90 Å². The van der Waals surface area contributed by atoms with Crippen LogP contribution in [0.4, 0.5) is 21.9 Å². The van der Waals surface area contributed by atoms with E-state index >= 15 is 0 Å². The van der Waals surface area contributed by atoms with Crippen molar-refractivity contribution in [3.8, 4) is 0 Å². The molecule has 1 aliphatic rings. The SMILES string of the molecule is CCOC(=O)N1CCN(c2ccc([N+](=O)[O-])c(N=C(N)N=C(N)N)c2)CC1. The molecule has 1 heterocycles. The summed E-state index contributed by atoms with van der Waals surface area (Å²) in [6, 6.07) is 4.50. The highest BCUT2D eigenvalue weighted by atomic mass is 16.6. The molecule has 27 heavy (non-hydrogen) atoms. The van der Waals surface area contributed by atoms with Crippen molar-refractivity contribution >= 4 is 35.1 Å². The Morgan fingerprint density at radius 3 is 2.48 bits per heavy atom. The number of hydrogen-bond acceptors (Lipinski definition) is 6. The molecule has 1 aliphatic heterocycles. The number of anilines is 1. The van der Waals surface area contributed by atoms with Crippen LogP contribution in [-0.4, -0.2) is 60.6 Å². The van der Waals surface area contributed by atoms with Gasteiger partial charge in [0.15, 0.2) is 5.96 Å². The minimum atomic E-state index is -0.565. The Balaban J connectivity index is 2.22.